The van der Waals surface area contributed by atoms with E-state index in [1.807, 2.05) is 20.8 Å². The van der Waals surface area contributed by atoms with Gasteiger partial charge in [-0.1, -0.05) is 52.9 Å². The van der Waals surface area contributed by atoms with Crippen LogP contribution in [0.4, 0.5) is 0 Å². The van der Waals surface area contributed by atoms with E-state index < -0.39 is 17.4 Å². The molecule has 4 nitrogen and oxygen atoms in total. The Kier molecular flexibility index (Phi) is 7.64. The van der Waals surface area contributed by atoms with Gasteiger partial charge >= 0.3 is 11.9 Å². The Hall–Kier alpha value is -1.06. The first kappa shape index (κ1) is 16.9. The highest BCUT2D eigenvalue weighted by atomic mass is 16.4. The summed E-state index contributed by atoms with van der Waals surface area (Å²) in [6.07, 6.45) is 4.80. The fraction of sp³-hybridized carbons (Fsp3) is 0.857. The number of hydrogen-bond donors (Lipinski definition) is 2. The highest BCUT2D eigenvalue weighted by Gasteiger charge is 2.51. The van der Waals surface area contributed by atoms with Gasteiger partial charge in [0.25, 0.3) is 0 Å². The molecule has 0 aliphatic rings. The molecule has 0 aromatic carbocycles. The molecule has 0 radical (unpaired) electrons. The van der Waals surface area contributed by atoms with Crippen LogP contribution < -0.4 is 0 Å². The smallest absolute Gasteiger partial charge is 0.321 e. The van der Waals surface area contributed by atoms with E-state index in [1.54, 1.807) is 0 Å². The molecule has 18 heavy (non-hydrogen) atoms. The number of unbranched alkanes of at least 4 members (excludes halogenated alkanes) is 2. The summed E-state index contributed by atoms with van der Waals surface area (Å²) in [5.74, 6) is -2.63. The Bertz CT molecular complexity index is 259. The zero-order valence-corrected chi connectivity index (χ0v) is 11.7. The lowest BCUT2D eigenvalue weighted by atomic mass is 9.68. The molecule has 4 heteroatoms. The average molecular weight is 258 g/mol. The maximum Gasteiger partial charge on any atom is 0.321 e. The number of hydrogen-bond acceptors (Lipinski definition) is 2. The lowest BCUT2D eigenvalue weighted by Gasteiger charge is -2.33. The van der Waals surface area contributed by atoms with E-state index in [9.17, 15) is 19.8 Å². The quantitative estimate of drug-likeness (QED) is 0.588. The molecule has 1 atom stereocenters. The van der Waals surface area contributed by atoms with Crippen LogP contribution in [0, 0.1) is 11.3 Å². The van der Waals surface area contributed by atoms with Crippen molar-refractivity contribution in [3.8, 4) is 0 Å². The van der Waals surface area contributed by atoms with E-state index in [0.29, 0.717) is 19.3 Å². The van der Waals surface area contributed by atoms with Gasteiger partial charge in [0.15, 0.2) is 5.41 Å². The monoisotopic (exact) mass is 258 g/mol. The first-order chi connectivity index (χ1) is 8.47. The van der Waals surface area contributed by atoms with Crippen molar-refractivity contribution < 1.29 is 19.8 Å². The summed E-state index contributed by atoms with van der Waals surface area (Å²) in [6, 6.07) is 0. The van der Waals surface area contributed by atoms with Crippen molar-refractivity contribution >= 4 is 11.9 Å². The molecule has 0 aromatic rings. The van der Waals surface area contributed by atoms with Crippen LogP contribution in [-0.2, 0) is 9.59 Å². The molecule has 2 N–H and O–H groups in total. The van der Waals surface area contributed by atoms with Gasteiger partial charge in [-0.3, -0.25) is 9.59 Å². The highest BCUT2D eigenvalue weighted by Crippen LogP contribution is 2.39. The Labute approximate surface area is 109 Å². The van der Waals surface area contributed by atoms with Crippen molar-refractivity contribution in [2.45, 2.75) is 65.7 Å². The molecule has 0 rings (SSSR count). The number of carboxylic acids is 2. The summed E-state index contributed by atoms with van der Waals surface area (Å²) in [6.45, 7) is 5.86. The van der Waals surface area contributed by atoms with Gasteiger partial charge in [-0.15, -0.1) is 0 Å². The first-order valence-corrected chi connectivity index (χ1v) is 6.94. The zero-order chi connectivity index (χ0) is 14.2. The van der Waals surface area contributed by atoms with E-state index in [-0.39, 0.29) is 12.3 Å². The average Bonchev–Trinajstić information content (AvgIpc) is 2.32. The fourth-order valence-electron chi connectivity index (χ4n) is 2.56. The molecule has 0 spiro atoms. The number of carbonyl (C=O) groups is 2. The van der Waals surface area contributed by atoms with Crippen molar-refractivity contribution in [1.82, 2.24) is 0 Å². The Morgan fingerprint density at radius 3 is 1.83 bits per heavy atom. The van der Waals surface area contributed by atoms with Crippen LogP contribution in [0.15, 0.2) is 0 Å². The normalized spacial score (nSPS) is 13.3. The van der Waals surface area contributed by atoms with Gasteiger partial charge < -0.3 is 10.2 Å². The number of carboxylic acid groups (broad SMARTS) is 2. The molecular weight excluding hydrogens is 232 g/mol. The summed E-state index contributed by atoms with van der Waals surface area (Å²) >= 11 is 0. The molecule has 0 aliphatic heterocycles. The van der Waals surface area contributed by atoms with E-state index in [4.69, 9.17) is 0 Å². The molecule has 0 amide bonds. The topological polar surface area (TPSA) is 74.6 Å². The van der Waals surface area contributed by atoms with Crippen LogP contribution >= 0.6 is 0 Å². The van der Waals surface area contributed by atoms with Crippen molar-refractivity contribution in [3.63, 3.8) is 0 Å². The van der Waals surface area contributed by atoms with Crippen LogP contribution in [0.2, 0.25) is 0 Å². The van der Waals surface area contributed by atoms with Crippen molar-refractivity contribution in [1.29, 1.82) is 0 Å². The van der Waals surface area contributed by atoms with Gasteiger partial charge in [-0.2, -0.15) is 0 Å². The van der Waals surface area contributed by atoms with E-state index in [0.717, 1.165) is 19.3 Å². The fourth-order valence-corrected chi connectivity index (χ4v) is 2.56. The van der Waals surface area contributed by atoms with Crippen LogP contribution in [0.3, 0.4) is 0 Å². The third-order valence-electron chi connectivity index (χ3n) is 3.78. The van der Waals surface area contributed by atoms with Gasteiger partial charge in [-0.05, 0) is 18.8 Å². The predicted octanol–water partition coefficient (Wildman–Crippen LogP) is 3.55. The molecule has 0 heterocycles. The second-order valence-electron chi connectivity index (χ2n) is 4.93. The van der Waals surface area contributed by atoms with Crippen molar-refractivity contribution in [2.75, 3.05) is 0 Å². The summed E-state index contributed by atoms with van der Waals surface area (Å²) in [5, 5.41) is 18.9. The molecule has 0 fully saturated rings. The minimum atomic E-state index is -1.60. The molecule has 0 aliphatic carbocycles. The Morgan fingerprint density at radius 1 is 1.00 bits per heavy atom. The molecule has 0 aromatic heterocycles. The minimum Gasteiger partial charge on any atom is -0.480 e. The molecule has 0 saturated heterocycles. The summed E-state index contributed by atoms with van der Waals surface area (Å²) in [4.78, 5) is 23.1. The van der Waals surface area contributed by atoms with Crippen LogP contribution in [-0.4, -0.2) is 22.2 Å². The van der Waals surface area contributed by atoms with E-state index in [2.05, 4.69) is 0 Å². The number of aliphatic carboxylic acids is 2. The van der Waals surface area contributed by atoms with E-state index in [1.165, 1.54) is 0 Å². The van der Waals surface area contributed by atoms with Gasteiger partial charge in [0.1, 0.15) is 0 Å². The lowest BCUT2D eigenvalue weighted by molar-refractivity contribution is -0.170. The van der Waals surface area contributed by atoms with E-state index >= 15 is 0 Å². The lowest BCUT2D eigenvalue weighted by Crippen LogP contribution is -2.45. The van der Waals surface area contributed by atoms with Crippen LogP contribution in [0.5, 0.6) is 0 Å². The SMILES string of the molecule is CCCCC(CC)C(CCCC)(C(=O)O)C(=O)O. The molecule has 106 valence electrons. The molecule has 0 bridgehead atoms. The molecular formula is C14H26O4. The zero-order valence-electron chi connectivity index (χ0n) is 11.7. The summed E-state index contributed by atoms with van der Waals surface area (Å²) < 4.78 is 0. The largest absolute Gasteiger partial charge is 0.480 e. The Morgan fingerprint density at radius 2 is 1.50 bits per heavy atom. The van der Waals surface area contributed by atoms with Gasteiger partial charge in [-0.25, -0.2) is 0 Å². The standard InChI is InChI=1S/C14H26O4/c1-4-7-9-11(6-3)14(12(15)16,13(17)18)10-8-5-2/h11H,4-10H2,1-3H3,(H,15,16)(H,17,18). The minimum absolute atomic E-state index is 0.233. The maximum absolute atomic E-state index is 11.6. The third-order valence-corrected chi connectivity index (χ3v) is 3.78. The summed E-state index contributed by atoms with van der Waals surface area (Å²) in [7, 11) is 0. The Balaban J connectivity index is 5.22. The van der Waals surface area contributed by atoms with Crippen molar-refractivity contribution in [3.05, 3.63) is 0 Å². The second-order valence-corrected chi connectivity index (χ2v) is 4.93. The molecule has 1 unspecified atom stereocenters. The highest BCUT2D eigenvalue weighted by molar-refractivity contribution is 5.98. The predicted molar refractivity (Wildman–Crippen MR) is 70.5 cm³/mol. The molecule has 0 saturated carbocycles. The van der Waals surface area contributed by atoms with Gasteiger partial charge in [0, 0.05) is 0 Å². The third kappa shape index (κ3) is 3.72. The van der Waals surface area contributed by atoms with Gasteiger partial charge in [0.05, 0.1) is 0 Å². The second kappa shape index (κ2) is 8.11. The van der Waals surface area contributed by atoms with Crippen LogP contribution in [0.25, 0.3) is 0 Å². The maximum atomic E-state index is 11.6. The van der Waals surface area contributed by atoms with Crippen molar-refractivity contribution in [2.24, 2.45) is 11.3 Å². The first-order valence-electron chi connectivity index (χ1n) is 6.94. The van der Waals surface area contributed by atoms with Gasteiger partial charge in [0.2, 0.25) is 0 Å². The van der Waals surface area contributed by atoms with Crippen LogP contribution in [0.1, 0.15) is 65.7 Å². The number of rotatable bonds is 10. The summed E-state index contributed by atoms with van der Waals surface area (Å²) in [5.41, 5.74) is -1.60.